The average molecular weight is 218 g/mol. The standard InChI is InChI=1S/C13H14O3/c1-3-9-7-15-13-10-4-5-14-12(10)8(2)6-11(13)16-9/h4-6,9H,3,7H2,1-2H3/t9-/m0/s1. The van der Waals surface area contributed by atoms with Crippen LogP contribution in [0.25, 0.3) is 11.0 Å². The highest BCUT2D eigenvalue weighted by Gasteiger charge is 2.23. The zero-order valence-electron chi connectivity index (χ0n) is 9.45. The summed E-state index contributed by atoms with van der Waals surface area (Å²) in [6.07, 6.45) is 2.81. The Morgan fingerprint density at radius 3 is 3.12 bits per heavy atom. The van der Waals surface area contributed by atoms with Crippen molar-refractivity contribution in [1.29, 1.82) is 0 Å². The highest BCUT2D eigenvalue weighted by atomic mass is 16.6. The molecular formula is C13H14O3. The first-order chi connectivity index (χ1) is 7.79. The van der Waals surface area contributed by atoms with E-state index in [1.165, 1.54) is 0 Å². The van der Waals surface area contributed by atoms with Gasteiger partial charge >= 0.3 is 0 Å². The third kappa shape index (κ3) is 1.28. The third-order valence-electron chi connectivity index (χ3n) is 3.00. The molecule has 0 saturated carbocycles. The maximum atomic E-state index is 5.87. The quantitative estimate of drug-likeness (QED) is 0.736. The van der Waals surface area contributed by atoms with Crippen LogP contribution in [0.15, 0.2) is 22.8 Å². The Morgan fingerprint density at radius 1 is 1.44 bits per heavy atom. The normalized spacial score (nSPS) is 19.0. The topological polar surface area (TPSA) is 31.6 Å². The molecule has 16 heavy (non-hydrogen) atoms. The third-order valence-corrected chi connectivity index (χ3v) is 3.00. The van der Waals surface area contributed by atoms with Crippen molar-refractivity contribution in [2.45, 2.75) is 26.4 Å². The van der Waals surface area contributed by atoms with Gasteiger partial charge in [-0.25, -0.2) is 0 Å². The van der Waals surface area contributed by atoms with Gasteiger partial charge in [-0.05, 0) is 31.0 Å². The molecule has 0 spiro atoms. The lowest BCUT2D eigenvalue weighted by Gasteiger charge is -2.26. The van der Waals surface area contributed by atoms with E-state index in [0.717, 1.165) is 34.5 Å². The van der Waals surface area contributed by atoms with Gasteiger partial charge < -0.3 is 13.9 Å². The molecule has 0 aliphatic carbocycles. The summed E-state index contributed by atoms with van der Waals surface area (Å²) in [5, 5.41) is 1.00. The lowest BCUT2D eigenvalue weighted by Crippen LogP contribution is -2.28. The molecule has 0 radical (unpaired) electrons. The van der Waals surface area contributed by atoms with E-state index < -0.39 is 0 Å². The van der Waals surface area contributed by atoms with E-state index in [9.17, 15) is 0 Å². The Bertz CT molecular complexity index is 527. The molecule has 1 aliphatic rings. The highest BCUT2D eigenvalue weighted by Crippen LogP contribution is 2.41. The second kappa shape index (κ2) is 3.44. The first kappa shape index (κ1) is 9.58. The van der Waals surface area contributed by atoms with Crippen LogP contribution in [0.3, 0.4) is 0 Å². The average Bonchev–Trinajstić information content (AvgIpc) is 2.78. The second-order valence-electron chi connectivity index (χ2n) is 4.14. The number of fused-ring (bicyclic) bond motifs is 3. The minimum absolute atomic E-state index is 0.163. The summed E-state index contributed by atoms with van der Waals surface area (Å²) < 4.78 is 17.1. The van der Waals surface area contributed by atoms with Gasteiger partial charge in [-0.3, -0.25) is 0 Å². The lowest BCUT2D eigenvalue weighted by atomic mass is 10.1. The molecule has 1 aromatic carbocycles. The predicted molar refractivity (Wildman–Crippen MR) is 61.2 cm³/mol. The molecule has 1 aromatic heterocycles. The number of benzene rings is 1. The minimum Gasteiger partial charge on any atom is -0.485 e. The smallest absolute Gasteiger partial charge is 0.172 e. The van der Waals surface area contributed by atoms with Crippen molar-refractivity contribution in [3.05, 3.63) is 24.0 Å². The molecule has 0 N–H and O–H groups in total. The fraction of sp³-hybridized carbons (Fsp3) is 0.385. The van der Waals surface area contributed by atoms with Crippen LogP contribution in [0.2, 0.25) is 0 Å². The van der Waals surface area contributed by atoms with Crippen molar-refractivity contribution in [1.82, 2.24) is 0 Å². The molecule has 2 aromatic rings. The summed E-state index contributed by atoms with van der Waals surface area (Å²) in [6, 6.07) is 3.92. The lowest BCUT2D eigenvalue weighted by molar-refractivity contribution is 0.0900. The van der Waals surface area contributed by atoms with Crippen molar-refractivity contribution >= 4 is 11.0 Å². The molecule has 0 amide bonds. The van der Waals surface area contributed by atoms with Crippen LogP contribution in [0.1, 0.15) is 18.9 Å². The van der Waals surface area contributed by atoms with Gasteiger partial charge in [0.05, 0.1) is 11.6 Å². The number of hydrogen-bond donors (Lipinski definition) is 0. The molecule has 0 unspecified atom stereocenters. The van der Waals surface area contributed by atoms with Gasteiger partial charge in [0.25, 0.3) is 0 Å². The van der Waals surface area contributed by atoms with Gasteiger partial charge in [-0.2, -0.15) is 0 Å². The van der Waals surface area contributed by atoms with Gasteiger partial charge in [0.15, 0.2) is 11.5 Å². The highest BCUT2D eigenvalue weighted by molar-refractivity contribution is 5.89. The van der Waals surface area contributed by atoms with Crippen molar-refractivity contribution in [2.75, 3.05) is 6.61 Å². The van der Waals surface area contributed by atoms with E-state index >= 15 is 0 Å². The largest absolute Gasteiger partial charge is 0.485 e. The predicted octanol–water partition coefficient (Wildman–Crippen LogP) is 3.29. The van der Waals surface area contributed by atoms with Crippen LogP contribution >= 0.6 is 0 Å². The number of ether oxygens (including phenoxy) is 2. The molecule has 0 saturated heterocycles. The van der Waals surface area contributed by atoms with Crippen LogP contribution < -0.4 is 9.47 Å². The molecule has 3 heteroatoms. The van der Waals surface area contributed by atoms with Crippen LogP contribution in [0.4, 0.5) is 0 Å². The van der Waals surface area contributed by atoms with Gasteiger partial charge in [-0.1, -0.05) is 6.92 Å². The van der Waals surface area contributed by atoms with Gasteiger partial charge in [-0.15, -0.1) is 0 Å². The van der Waals surface area contributed by atoms with Crippen LogP contribution in [0, 0.1) is 6.92 Å². The van der Waals surface area contributed by atoms with E-state index in [4.69, 9.17) is 13.9 Å². The van der Waals surface area contributed by atoms with Crippen LogP contribution in [-0.2, 0) is 0 Å². The fourth-order valence-corrected chi connectivity index (χ4v) is 2.08. The zero-order valence-corrected chi connectivity index (χ0v) is 9.45. The maximum absolute atomic E-state index is 5.87. The first-order valence-corrected chi connectivity index (χ1v) is 5.60. The van der Waals surface area contributed by atoms with Gasteiger partial charge in [0.1, 0.15) is 18.3 Å². The first-order valence-electron chi connectivity index (χ1n) is 5.60. The van der Waals surface area contributed by atoms with Crippen molar-refractivity contribution in [3.63, 3.8) is 0 Å². The molecule has 0 fully saturated rings. The van der Waals surface area contributed by atoms with E-state index in [1.54, 1.807) is 6.26 Å². The second-order valence-corrected chi connectivity index (χ2v) is 4.14. The van der Waals surface area contributed by atoms with Crippen molar-refractivity contribution < 1.29 is 13.9 Å². The van der Waals surface area contributed by atoms with Crippen molar-refractivity contribution in [2.24, 2.45) is 0 Å². The number of aryl methyl sites for hydroxylation is 1. The summed E-state index contributed by atoms with van der Waals surface area (Å²) in [4.78, 5) is 0. The molecule has 3 nitrogen and oxygen atoms in total. The molecule has 1 atom stereocenters. The van der Waals surface area contributed by atoms with E-state index in [-0.39, 0.29) is 6.10 Å². The molecule has 84 valence electrons. The van der Waals surface area contributed by atoms with Crippen LogP contribution in [0.5, 0.6) is 11.5 Å². The van der Waals surface area contributed by atoms with Gasteiger partial charge in [0.2, 0.25) is 0 Å². The van der Waals surface area contributed by atoms with Crippen LogP contribution in [-0.4, -0.2) is 12.7 Å². The van der Waals surface area contributed by atoms with Gasteiger partial charge in [0, 0.05) is 0 Å². The molecule has 0 bridgehead atoms. The molecular weight excluding hydrogens is 204 g/mol. The Morgan fingerprint density at radius 2 is 2.31 bits per heavy atom. The Labute approximate surface area is 94.0 Å². The fourth-order valence-electron chi connectivity index (χ4n) is 2.08. The summed E-state index contributed by atoms with van der Waals surface area (Å²) in [6.45, 7) is 4.74. The molecule has 2 heterocycles. The maximum Gasteiger partial charge on any atom is 0.172 e. The molecule has 1 aliphatic heterocycles. The van der Waals surface area contributed by atoms with Crippen molar-refractivity contribution in [3.8, 4) is 11.5 Å². The monoisotopic (exact) mass is 218 g/mol. The number of furan rings is 1. The number of hydrogen-bond acceptors (Lipinski definition) is 3. The Hall–Kier alpha value is -1.64. The minimum atomic E-state index is 0.163. The summed E-state index contributed by atoms with van der Waals surface area (Å²) >= 11 is 0. The molecule has 3 rings (SSSR count). The van der Waals surface area contributed by atoms with E-state index in [0.29, 0.717) is 6.61 Å². The Balaban J connectivity index is 2.18. The zero-order chi connectivity index (χ0) is 11.1. The number of rotatable bonds is 1. The Kier molecular flexibility index (Phi) is 2.06. The summed E-state index contributed by atoms with van der Waals surface area (Å²) in [5.41, 5.74) is 1.97. The SMILES string of the molecule is CC[C@H]1COc2c(cc(C)c3occc23)O1. The summed E-state index contributed by atoms with van der Waals surface area (Å²) in [7, 11) is 0. The van der Waals surface area contributed by atoms with E-state index in [2.05, 4.69) is 6.92 Å². The van der Waals surface area contributed by atoms with E-state index in [1.807, 2.05) is 19.1 Å². The summed E-state index contributed by atoms with van der Waals surface area (Å²) in [5.74, 6) is 1.66.